The molecule has 1 unspecified atom stereocenters. The van der Waals surface area contributed by atoms with E-state index in [-0.39, 0.29) is 32.5 Å². The van der Waals surface area contributed by atoms with E-state index in [9.17, 15) is 16.8 Å². The Kier molecular flexibility index (Phi) is 3.52. The highest BCUT2D eigenvalue weighted by molar-refractivity contribution is 7.96. The van der Waals surface area contributed by atoms with Crippen molar-refractivity contribution in [3.8, 4) is 0 Å². The van der Waals surface area contributed by atoms with Gasteiger partial charge in [-0.1, -0.05) is 55.5 Å². The monoisotopic (exact) mass is 466 g/mol. The highest BCUT2D eigenvalue weighted by Gasteiger charge is 2.95. The van der Waals surface area contributed by atoms with Gasteiger partial charge in [0.2, 0.25) is 0 Å². The molecular weight excluding hydrogens is 440 g/mol. The van der Waals surface area contributed by atoms with Crippen LogP contribution in [-0.4, -0.2) is 27.3 Å². The molecule has 0 spiro atoms. The molecule has 2 aromatic carbocycles. The van der Waals surface area contributed by atoms with Crippen LogP contribution in [0.1, 0.15) is 19.8 Å². The number of fused-ring (bicyclic) bond motifs is 4. The van der Waals surface area contributed by atoms with E-state index < -0.39 is 30.2 Å². The summed E-state index contributed by atoms with van der Waals surface area (Å²) in [6.07, 6.45) is 6.39. The van der Waals surface area contributed by atoms with E-state index in [1.807, 2.05) is 0 Å². The Bertz CT molecular complexity index is 1260. The molecule has 0 saturated heterocycles. The molecule has 6 heteroatoms. The zero-order chi connectivity index (χ0) is 22.1. The van der Waals surface area contributed by atoms with Crippen LogP contribution < -0.4 is 0 Å². The molecule has 0 N–H and O–H groups in total. The first-order chi connectivity index (χ1) is 15.3. The van der Waals surface area contributed by atoms with Crippen molar-refractivity contribution in [3.63, 3.8) is 0 Å². The van der Waals surface area contributed by atoms with Gasteiger partial charge in [0.15, 0.2) is 19.7 Å². The SMILES string of the molecule is CC1[C@@]23[C@H]4C=C[C@@H](C4)[C@@]12[C@H]1C[C@H]3[C@@H](S(=O)(=O)c2ccccc2)[C@@H]1S(=O)(=O)c1ccccc1. The van der Waals surface area contributed by atoms with Gasteiger partial charge in [0.1, 0.15) is 0 Å². The van der Waals surface area contributed by atoms with E-state index in [4.69, 9.17) is 0 Å². The minimum Gasteiger partial charge on any atom is -0.223 e. The van der Waals surface area contributed by atoms with Crippen LogP contribution in [0.25, 0.3) is 0 Å². The number of hydrogen-bond acceptors (Lipinski definition) is 4. The highest BCUT2D eigenvalue weighted by Crippen LogP contribution is 2.96. The summed E-state index contributed by atoms with van der Waals surface area (Å²) in [6.45, 7) is 2.26. The van der Waals surface area contributed by atoms with Gasteiger partial charge in [0.25, 0.3) is 0 Å². The number of hydrogen-bond donors (Lipinski definition) is 0. The second kappa shape index (κ2) is 5.76. The minimum absolute atomic E-state index is 0.0354. The molecule has 32 heavy (non-hydrogen) atoms. The van der Waals surface area contributed by atoms with E-state index in [1.165, 1.54) is 0 Å². The van der Waals surface area contributed by atoms with E-state index in [0.717, 1.165) is 6.42 Å². The molecule has 5 aliphatic rings. The van der Waals surface area contributed by atoms with Crippen LogP contribution in [0.5, 0.6) is 0 Å². The molecule has 4 saturated carbocycles. The van der Waals surface area contributed by atoms with Crippen LogP contribution in [0.15, 0.2) is 82.6 Å². The predicted octanol–water partition coefficient (Wildman–Crippen LogP) is 4.15. The van der Waals surface area contributed by atoms with Gasteiger partial charge in [-0.15, -0.1) is 0 Å². The van der Waals surface area contributed by atoms with Gasteiger partial charge in [-0.25, -0.2) is 16.8 Å². The maximum absolute atomic E-state index is 14.1. The molecule has 0 radical (unpaired) electrons. The zero-order valence-electron chi connectivity index (χ0n) is 17.8. The van der Waals surface area contributed by atoms with Crippen LogP contribution in [0.2, 0.25) is 0 Å². The van der Waals surface area contributed by atoms with Crippen molar-refractivity contribution in [1.82, 2.24) is 0 Å². The van der Waals surface area contributed by atoms with Gasteiger partial charge >= 0.3 is 0 Å². The molecule has 0 amide bonds. The van der Waals surface area contributed by atoms with Gasteiger partial charge in [-0.05, 0) is 77.5 Å². The molecule has 4 fully saturated rings. The van der Waals surface area contributed by atoms with Gasteiger partial charge in [-0.2, -0.15) is 0 Å². The van der Waals surface area contributed by atoms with Crippen molar-refractivity contribution in [1.29, 1.82) is 0 Å². The summed E-state index contributed by atoms with van der Waals surface area (Å²) in [5.74, 6) is 0.965. The Labute approximate surface area is 189 Å². The van der Waals surface area contributed by atoms with Gasteiger partial charge in [0, 0.05) is 0 Å². The van der Waals surface area contributed by atoms with E-state index in [2.05, 4.69) is 19.1 Å². The average Bonchev–Trinajstić information content (AvgIpc) is 3.35. The lowest BCUT2D eigenvalue weighted by atomic mass is 9.73. The van der Waals surface area contributed by atoms with Gasteiger partial charge in [-0.3, -0.25) is 0 Å². The zero-order valence-corrected chi connectivity index (χ0v) is 19.5. The lowest BCUT2D eigenvalue weighted by Gasteiger charge is -2.40. The molecule has 4 nitrogen and oxygen atoms in total. The van der Waals surface area contributed by atoms with Crippen molar-refractivity contribution in [2.75, 3.05) is 0 Å². The summed E-state index contributed by atoms with van der Waals surface area (Å²) < 4.78 is 56.4. The quantitative estimate of drug-likeness (QED) is 0.635. The Morgan fingerprint density at radius 3 is 1.47 bits per heavy atom. The first-order valence-corrected chi connectivity index (χ1v) is 14.7. The van der Waals surface area contributed by atoms with Crippen LogP contribution in [0, 0.1) is 40.4 Å². The van der Waals surface area contributed by atoms with Gasteiger partial charge < -0.3 is 0 Å². The second-order valence-corrected chi connectivity index (χ2v) is 14.7. The summed E-state index contributed by atoms with van der Waals surface area (Å²) in [6, 6.07) is 17.0. The Hall–Kier alpha value is -1.92. The molecular formula is C26H26O4S2. The van der Waals surface area contributed by atoms with Crippen molar-refractivity contribution in [3.05, 3.63) is 72.8 Å². The van der Waals surface area contributed by atoms with Crippen molar-refractivity contribution >= 4 is 19.7 Å². The summed E-state index contributed by atoms with van der Waals surface area (Å²) >= 11 is 0. The smallest absolute Gasteiger partial charge is 0.182 e. The Balaban J connectivity index is 1.46. The summed E-state index contributed by atoms with van der Waals surface area (Å²) in [5, 5.41) is -1.77. The largest absolute Gasteiger partial charge is 0.223 e. The van der Waals surface area contributed by atoms with Gasteiger partial charge in [0.05, 0.1) is 20.3 Å². The maximum Gasteiger partial charge on any atom is 0.182 e. The topological polar surface area (TPSA) is 68.3 Å². The molecule has 5 aliphatic carbocycles. The minimum atomic E-state index is -3.81. The fourth-order valence-corrected chi connectivity index (χ4v) is 14.8. The third-order valence-corrected chi connectivity index (χ3v) is 14.8. The molecule has 166 valence electrons. The van der Waals surface area contributed by atoms with E-state index in [1.54, 1.807) is 60.7 Å². The second-order valence-electron chi connectivity index (χ2n) is 10.5. The van der Waals surface area contributed by atoms with Crippen LogP contribution in [-0.2, 0) is 19.7 Å². The number of benzene rings is 2. The standard InChI is InChI=1S/C26H26O4S2/c1-16-25-17-12-13-18(14-17)26(16,25)22-15-21(25)23(31(27,28)19-8-4-2-5-9-19)24(22)32(29,30)20-10-6-3-7-11-20/h2-13,16-18,21-24H,14-15H2,1H3/t16?,17-,18-,21-,22-,23+,24+,25-,26+/m0/s1. The van der Waals surface area contributed by atoms with Crippen LogP contribution in [0.3, 0.4) is 0 Å². The molecule has 9 atom stereocenters. The molecule has 4 bridgehead atoms. The molecule has 0 aliphatic heterocycles. The first kappa shape index (κ1) is 19.5. The average molecular weight is 467 g/mol. The lowest BCUT2D eigenvalue weighted by Crippen LogP contribution is -2.50. The lowest BCUT2D eigenvalue weighted by molar-refractivity contribution is 0.209. The van der Waals surface area contributed by atoms with Crippen LogP contribution in [0.4, 0.5) is 0 Å². The summed E-state index contributed by atoms with van der Waals surface area (Å²) in [7, 11) is -7.61. The Morgan fingerprint density at radius 2 is 1.06 bits per heavy atom. The fourth-order valence-electron chi connectivity index (χ4n) is 9.56. The third kappa shape index (κ3) is 1.83. The first-order valence-electron chi connectivity index (χ1n) is 11.6. The van der Waals surface area contributed by atoms with Crippen molar-refractivity contribution in [2.45, 2.75) is 40.1 Å². The van der Waals surface area contributed by atoms with Crippen molar-refractivity contribution < 1.29 is 16.8 Å². The predicted molar refractivity (Wildman–Crippen MR) is 121 cm³/mol. The normalized spacial score (nSPS) is 45.1. The molecule has 0 aromatic heterocycles. The van der Waals surface area contributed by atoms with Crippen molar-refractivity contribution in [2.24, 2.45) is 40.4 Å². The van der Waals surface area contributed by atoms with E-state index in [0.29, 0.717) is 24.2 Å². The highest BCUT2D eigenvalue weighted by atomic mass is 32.2. The molecule has 2 aromatic rings. The molecule has 7 rings (SSSR count). The Morgan fingerprint density at radius 1 is 0.656 bits per heavy atom. The number of sulfone groups is 2. The summed E-state index contributed by atoms with van der Waals surface area (Å²) in [5.41, 5.74) is -0.0708. The van der Waals surface area contributed by atoms with E-state index >= 15 is 0 Å². The maximum atomic E-state index is 14.1. The van der Waals surface area contributed by atoms with Crippen LogP contribution >= 0.6 is 0 Å². The number of rotatable bonds is 4. The summed E-state index contributed by atoms with van der Waals surface area (Å²) in [4.78, 5) is 0.500. The molecule has 0 heterocycles. The number of allylic oxidation sites excluding steroid dienone is 2. The fraction of sp³-hybridized carbons (Fsp3) is 0.462. The third-order valence-electron chi connectivity index (χ3n) is 10.1.